The Morgan fingerprint density at radius 2 is 1.83 bits per heavy atom. The average Bonchev–Trinajstić information content (AvgIpc) is 3.01. The van der Waals surface area contributed by atoms with Crippen molar-refractivity contribution in [1.82, 2.24) is 14.5 Å². The summed E-state index contributed by atoms with van der Waals surface area (Å²) in [5, 5.41) is 2.27. The monoisotopic (exact) mass is 416 g/mol. The molecule has 8 nitrogen and oxygen atoms in total. The largest absolute Gasteiger partial charge is 0.369 e. The van der Waals surface area contributed by atoms with Crippen molar-refractivity contribution in [2.75, 3.05) is 18.0 Å². The highest BCUT2D eigenvalue weighted by molar-refractivity contribution is 6.00. The highest BCUT2D eigenvalue weighted by Gasteiger charge is 2.33. The van der Waals surface area contributed by atoms with Crippen molar-refractivity contribution in [1.29, 1.82) is 0 Å². The van der Waals surface area contributed by atoms with Crippen molar-refractivity contribution < 1.29 is 18.8 Å². The lowest BCUT2D eigenvalue weighted by Crippen LogP contribution is -2.44. The van der Waals surface area contributed by atoms with Gasteiger partial charge in [0.25, 0.3) is 0 Å². The van der Waals surface area contributed by atoms with E-state index in [1.807, 2.05) is 4.90 Å². The van der Waals surface area contributed by atoms with E-state index in [1.54, 1.807) is 26.0 Å². The molecule has 30 heavy (non-hydrogen) atoms. The van der Waals surface area contributed by atoms with Crippen LogP contribution in [0.3, 0.4) is 0 Å². The Balaban J connectivity index is 1.84. The highest BCUT2D eigenvalue weighted by atomic mass is 19.1. The lowest BCUT2D eigenvalue weighted by molar-refractivity contribution is -0.135. The second-order valence-electron chi connectivity index (χ2n) is 8.31. The number of aldehydes is 1. The minimum Gasteiger partial charge on any atom is -0.369 e. The number of amides is 2. The first-order valence-electron chi connectivity index (χ1n) is 10.3. The van der Waals surface area contributed by atoms with E-state index in [9.17, 15) is 19.2 Å². The Labute approximate surface area is 172 Å². The molecule has 2 fully saturated rings. The maximum Gasteiger partial charge on any atom is 0.330 e. The normalized spacial score (nSPS) is 20.8. The first-order chi connectivity index (χ1) is 14.3. The number of anilines is 1. The number of nitrogens with zero attached hydrogens (tertiary/aromatic N) is 3. The Hall–Kier alpha value is -2.97. The topological polar surface area (TPSA) is 93.4 Å². The molecular weight excluding hydrogens is 391 g/mol. The number of aromatic nitrogens is 2. The zero-order valence-corrected chi connectivity index (χ0v) is 17.1. The van der Waals surface area contributed by atoms with E-state index in [4.69, 9.17) is 0 Å². The van der Waals surface area contributed by atoms with Crippen molar-refractivity contribution in [3.8, 4) is 0 Å². The van der Waals surface area contributed by atoms with Gasteiger partial charge >= 0.3 is 5.69 Å². The molecule has 2 aromatic rings. The van der Waals surface area contributed by atoms with E-state index in [0.717, 1.165) is 6.29 Å². The van der Waals surface area contributed by atoms with Crippen LogP contribution < -0.4 is 15.9 Å². The van der Waals surface area contributed by atoms with Crippen LogP contribution in [0.4, 0.5) is 10.1 Å². The zero-order valence-electron chi connectivity index (χ0n) is 17.1. The third kappa shape index (κ3) is 3.22. The van der Waals surface area contributed by atoms with Crippen molar-refractivity contribution in [3.05, 3.63) is 28.4 Å². The number of benzene rings is 1. The maximum atomic E-state index is 15.7. The Kier molecular flexibility index (Phi) is 5.21. The van der Waals surface area contributed by atoms with Gasteiger partial charge in [0.15, 0.2) is 5.82 Å². The number of carbonyl (C=O) groups is 3. The second-order valence-corrected chi connectivity index (χ2v) is 8.31. The first-order valence-corrected chi connectivity index (χ1v) is 10.3. The summed E-state index contributed by atoms with van der Waals surface area (Å²) in [5.74, 6) is -1.43. The molecule has 1 unspecified atom stereocenters. The first kappa shape index (κ1) is 20.3. The molecule has 0 bridgehead atoms. The Bertz CT molecular complexity index is 1080. The van der Waals surface area contributed by atoms with E-state index in [2.05, 4.69) is 5.32 Å². The number of halogens is 1. The molecule has 9 heteroatoms. The van der Waals surface area contributed by atoms with Crippen LogP contribution in [0.2, 0.25) is 0 Å². The van der Waals surface area contributed by atoms with Crippen molar-refractivity contribution in [2.45, 2.75) is 51.6 Å². The van der Waals surface area contributed by atoms with E-state index >= 15 is 4.39 Å². The maximum absolute atomic E-state index is 15.7. The van der Waals surface area contributed by atoms with Crippen LogP contribution in [-0.2, 0) is 14.4 Å². The summed E-state index contributed by atoms with van der Waals surface area (Å²) >= 11 is 0. The molecule has 3 heterocycles. The Morgan fingerprint density at radius 1 is 1.13 bits per heavy atom. The zero-order chi connectivity index (χ0) is 21.6. The molecular formula is C21H25FN4O4. The van der Waals surface area contributed by atoms with Gasteiger partial charge in [0, 0.05) is 31.5 Å². The standard InChI is InChI=1S/C21H25FN4O4/c1-12(2)25-19-15(26(21(25)30)16-5-6-17(28)23-20(16)29)4-3-14(18(19)22)24-9-7-13(11-27)8-10-24/h3-4,11-13,16H,5-10H2,1-2H3,(H,23,28,29). The van der Waals surface area contributed by atoms with Gasteiger partial charge in [-0.3, -0.25) is 24.0 Å². The molecule has 2 aliphatic rings. The molecule has 1 atom stereocenters. The minimum atomic E-state index is -0.855. The number of imidazole rings is 1. The quantitative estimate of drug-likeness (QED) is 0.607. The van der Waals surface area contributed by atoms with Crippen molar-refractivity contribution in [2.24, 2.45) is 5.92 Å². The van der Waals surface area contributed by atoms with Gasteiger partial charge in [-0.15, -0.1) is 0 Å². The number of fused-ring (bicyclic) bond motifs is 1. The van der Waals surface area contributed by atoms with Crippen molar-refractivity contribution in [3.63, 3.8) is 0 Å². The number of rotatable bonds is 4. The van der Waals surface area contributed by atoms with E-state index < -0.39 is 23.5 Å². The van der Waals surface area contributed by atoms with Gasteiger partial charge in [-0.05, 0) is 45.2 Å². The molecule has 0 radical (unpaired) electrons. The van der Waals surface area contributed by atoms with Crippen LogP contribution >= 0.6 is 0 Å². The molecule has 0 aliphatic carbocycles. The van der Waals surface area contributed by atoms with E-state index in [1.165, 1.54) is 9.13 Å². The third-order valence-electron chi connectivity index (χ3n) is 6.10. The van der Waals surface area contributed by atoms with Crippen LogP contribution in [-0.4, -0.2) is 40.3 Å². The molecule has 1 aromatic carbocycles. The number of piperidine rings is 2. The van der Waals surface area contributed by atoms with Crippen LogP contribution in [0.1, 0.15) is 51.6 Å². The lowest BCUT2D eigenvalue weighted by Gasteiger charge is -2.32. The predicted octanol–water partition coefficient (Wildman–Crippen LogP) is 1.92. The van der Waals surface area contributed by atoms with E-state index in [-0.39, 0.29) is 36.2 Å². The van der Waals surface area contributed by atoms with Gasteiger partial charge in [0.2, 0.25) is 11.8 Å². The highest BCUT2D eigenvalue weighted by Crippen LogP contribution is 2.33. The van der Waals surface area contributed by atoms with Crippen LogP contribution in [0, 0.1) is 11.7 Å². The molecule has 0 spiro atoms. The van der Waals surface area contributed by atoms with Crippen LogP contribution in [0.25, 0.3) is 11.0 Å². The van der Waals surface area contributed by atoms with Gasteiger partial charge in [-0.2, -0.15) is 0 Å². The molecule has 1 aromatic heterocycles. The molecule has 2 aliphatic heterocycles. The van der Waals surface area contributed by atoms with Gasteiger partial charge in [-0.1, -0.05) is 0 Å². The summed E-state index contributed by atoms with van der Waals surface area (Å²) in [4.78, 5) is 50.1. The summed E-state index contributed by atoms with van der Waals surface area (Å²) in [6, 6.07) is 2.13. The fourth-order valence-corrected chi connectivity index (χ4v) is 4.51. The molecule has 0 saturated carbocycles. The molecule has 160 valence electrons. The number of hydrogen-bond acceptors (Lipinski definition) is 5. The van der Waals surface area contributed by atoms with Crippen LogP contribution in [0.15, 0.2) is 16.9 Å². The molecule has 2 saturated heterocycles. The smallest absolute Gasteiger partial charge is 0.330 e. The number of imide groups is 1. The summed E-state index contributed by atoms with van der Waals surface area (Å²) in [5.41, 5.74) is 0.425. The van der Waals surface area contributed by atoms with Gasteiger partial charge in [-0.25, -0.2) is 9.18 Å². The number of hydrogen-bond donors (Lipinski definition) is 1. The van der Waals surface area contributed by atoms with Gasteiger partial charge in [0.05, 0.1) is 11.2 Å². The average molecular weight is 416 g/mol. The fourth-order valence-electron chi connectivity index (χ4n) is 4.51. The molecule has 1 N–H and O–H groups in total. The minimum absolute atomic E-state index is 0.00417. The van der Waals surface area contributed by atoms with Gasteiger partial charge in [0.1, 0.15) is 17.8 Å². The van der Waals surface area contributed by atoms with Gasteiger partial charge < -0.3 is 9.69 Å². The summed E-state index contributed by atoms with van der Waals surface area (Å²) < 4.78 is 18.4. The van der Waals surface area contributed by atoms with Crippen molar-refractivity contribution >= 4 is 34.8 Å². The molecule has 2 amide bonds. The predicted molar refractivity (Wildman–Crippen MR) is 109 cm³/mol. The summed E-state index contributed by atoms with van der Waals surface area (Å²) in [7, 11) is 0. The number of nitrogens with one attached hydrogen (secondary N) is 1. The summed E-state index contributed by atoms with van der Waals surface area (Å²) in [6.45, 7) is 4.70. The van der Waals surface area contributed by atoms with Crippen LogP contribution in [0.5, 0.6) is 0 Å². The third-order valence-corrected chi connectivity index (χ3v) is 6.10. The number of carbonyl (C=O) groups excluding carboxylic acids is 3. The Morgan fingerprint density at radius 3 is 2.43 bits per heavy atom. The lowest BCUT2D eigenvalue weighted by atomic mass is 9.98. The SMILES string of the molecule is CC(C)n1c(=O)n(C2CCC(=O)NC2=O)c2ccc(N3CCC(C=O)CC3)c(F)c21. The van der Waals surface area contributed by atoms with E-state index in [0.29, 0.717) is 37.1 Å². The molecule has 4 rings (SSSR count). The second kappa shape index (κ2) is 7.70. The summed E-state index contributed by atoms with van der Waals surface area (Å²) in [6.07, 6.45) is 2.60. The fraction of sp³-hybridized carbons (Fsp3) is 0.524.